The van der Waals surface area contributed by atoms with Gasteiger partial charge in [-0.25, -0.2) is 4.68 Å². The van der Waals surface area contributed by atoms with Crippen LogP contribution in [-0.4, -0.2) is 71.4 Å². The molecule has 0 atom stereocenters. The van der Waals surface area contributed by atoms with Crippen LogP contribution >= 0.6 is 0 Å². The van der Waals surface area contributed by atoms with Gasteiger partial charge in [0, 0.05) is 0 Å². The third kappa shape index (κ3) is 4.24. The zero-order valence-corrected chi connectivity index (χ0v) is 14.5. The van der Waals surface area contributed by atoms with Crippen molar-refractivity contribution in [3.63, 3.8) is 0 Å². The van der Waals surface area contributed by atoms with Gasteiger partial charge >= 0.3 is 0 Å². The van der Waals surface area contributed by atoms with Crippen molar-refractivity contribution in [2.75, 3.05) is 40.4 Å². The van der Waals surface area contributed by atoms with Gasteiger partial charge in [0.1, 0.15) is 30.9 Å². The molecule has 1 aromatic carbocycles. The first-order chi connectivity index (χ1) is 12.2. The number of nitrogens with zero attached hydrogens (tertiary/aromatic N) is 5. The highest BCUT2D eigenvalue weighted by Crippen LogP contribution is 2.23. The molecule has 134 valence electrons. The van der Waals surface area contributed by atoms with Crippen LogP contribution in [0.2, 0.25) is 0 Å². The van der Waals surface area contributed by atoms with E-state index in [0.717, 1.165) is 49.8 Å². The number of rotatable bonds is 6. The topological polar surface area (TPSA) is 86.8 Å². The maximum atomic E-state index is 12.3. The molecule has 0 bridgehead atoms. The van der Waals surface area contributed by atoms with E-state index in [9.17, 15) is 4.79 Å². The second-order valence-corrected chi connectivity index (χ2v) is 5.99. The van der Waals surface area contributed by atoms with Crippen molar-refractivity contribution in [2.45, 2.75) is 13.1 Å². The van der Waals surface area contributed by atoms with Gasteiger partial charge in [0.25, 0.3) is 0 Å². The van der Waals surface area contributed by atoms with Crippen molar-refractivity contribution >= 4 is 5.91 Å². The first-order valence-electron chi connectivity index (χ1n) is 8.22. The first-order valence-corrected chi connectivity index (χ1v) is 8.22. The Labute approximate surface area is 146 Å². The Kier molecular flexibility index (Phi) is 5.44. The lowest BCUT2D eigenvalue weighted by Gasteiger charge is -2.32. The van der Waals surface area contributed by atoms with Crippen molar-refractivity contribution < 1.29 is 19.2 Å². The number of carbonyl (C=O) groups excluding carboxylic acids is 1. The number of aromatic nitrogens is 4. The van der Waals surface area contributed by atoms with E-state index in [2.05, 4.69) is 15.5 Å². The van der Waals surface area contributed by atoms with Crippen molar-refractivity contribution in [1.82, 2.24) is 25.1 Å². The van der Waals surface area contributed by atoms with Gasteiger partial charge in [0.05, 0.1) is 46.0 Å². The minimum absolute atomic E-state index is 0.0466. The van der Waals surface area contributed by atoms with E-state index in [-0.39, 0.29) is 12.5 Å². The van der Waals surface area contributed by atoms with Crippen LogP contribution in [0.1, 0.15) is 5.56 Å². The predicted octanol–water partition coefficient (Wildman–Crippen LogP) is -1.38. The van der Waals surface area contributed by atoms with Crippen molar-refractivity contribution in [3.05, 3.63) is 30.1 Å². The van der Waals surface area contributed by atoms with E-state index < -0.39 is 0 Å². The van der Waals surface area contributed by atoms with E-state index >= 15 is 0 Å². The fourth-order valence-electron chi connectivity index (χ4n) is 3.03. The monoisotopic (exact) mass is 347 g/mol. The van der Waals surface area contributed by atoms with Crippen LogP contribution in [0.5, 0.6) is 11.5 Å². The molecule has 1 aliphatic heterocycles. The summed E-state index contributed by atoms with van der Waals surface area (Å²) in [5.74, 6) is 1.74. The molecule has 3 rings (SSSR count). The molecule has 2 aromatic rings. The highest BCUT2D eigenvalue weighted by molar-refractivity contribution is 5.75. The number of ether oxygens (including phenoxy) is 2. The number of amides is 1. The van der Waals surface area contributed by atoms with E-state index in [1.807, 2.05) is 23.1 Å². The molecule has 1 N–H and O–H groups in total. The van der Waals surface area contributed by atoms with Gasteiger partial charge < -0.3 is 19.3 Å². The Bertz CT molecular complexity index is 698. The molecule has 25 heavy (non-hydrogen) atoms. The number of benzene rings is 1. The standard InChI is InChI=1S/C16H22N6O3/c1-24-14-3-4-15(25-2)13(9-14)10-20-5-7-21(8-6-20)16(23)11-22-12-17-18-19-22/h3-4,9,12H,5-8,10-11H2,1-2H3/p+1. The zero-order valence-electron chi connectivity index (χ0n) is 14.5. The first kappa shape index (κ1) is 17.2. The average Bonchev–Trinajstić information content (AvgIpc) is 3.15. The summed E-state index contributed by atoms with van der Waals surface area (Å²) in [7, 11) is 3.34. The van der Waals surface area contributed by atoms with Gasteiger partial charge in [-0.15, -0.1) is 5.10 Å². The minimum atomic E-state index is 0.0466. The lowest BCUT2D eigenvalue weighted by atomic mass is 10.1. The highest BCUT2D eigenvalue weighted by atomic mass is 16.5. The molecule has 1 aliphatic rings. The Morgan fingerprint density at radius 1 is 1.24 bits per heavy atom. The number of hydrogen-bond acceptors (Lipinski definition) is 6. The third-order valence-electron chi connectivity index (χ3n) is 4.44. The number of piperazine rings is 1. The Morgan fingerprint density at radius 2 is 2.04 bits per heavy atom. The Morgan fingerprint density at radius 3 is 2.68 bits per heavy atom. The molecule has 1 aromatic heterocycles. The second-order valence-electron chi connectivity index (χ2n) is 5.99. The predicted molar refractivity (Wildman–Crippen MR) is 88.3 cm³/mol. The van der Waals surface area contributed by atoms with E-state index in [1.54, 1.807) is 14.2 Å². The normalized spacial score (nSPS) is 15.2. The molecule has 0 unspecified atom stereocenters. The van der Waals surface area contributed by atoms with Gasteiger partial charge in [0.2, 0.25) is 5.91 Å². The zero-order chi connectivity index (χ0) is 17.6. The maximum Gasteiger partial charge on any atom is 0.244 e. The number of quaternary nitrogens is 1. The van der Waals surface area contributed by atoms with Crippen LogP contribution in [0.3, 0.4) is 0 Å². The average molecular weight is 347 g/mol. The van der Waals surface area contributed by atoms with Crippen molar-refractivity contribution in [2.24, 2.45) is 0 Å². The summed E-state index contributed by atoms with van der Waals surface area (Å²) in [6.07, 6.45) is 1.45. The lowest BCUT2D eigenvalue weighted by molar-refractivity contribution is -0.917. The molecular weight excluding hydrogens is 324 g/mol. The Balaban J connectivity index is 1.55. The van der Waals surface area contributed by atoms with Crippen LogP contribution in [-0.2, 0) is 17.9 Å². The summed E-state index contributed by atoms with van der Waals surface area (Å²) in [5.41, 5.74) is 1.12. The molecule has 0 radical (unpaired) electrons. The third-order valence-corrected chi connectivity index (χ3v) is 4.44. The molecule has 0 spiro atoms. The summed E-state index contributed by atoms with van der Waals surface area (Å²) >= 11 is 0. The van der Waals surface area contributed by atoms with Crippen LogP contribution in [0.25, 0.3) is 0 Å². The fraction of sp³-hybridized carbons (Fsp3) is 0.500. The maximum absolute atomic E-state index is 12.3. The SMILES string of the molecule is COc1ccc(OC)c(C[NH+]2CCN(C(=O)Cn3cnnn3)CC2)c1. The van der Waals surface area contributed by atoms with Gasteiger partial charge in [-0.05, 0) is 28.6 Å². The fourth-order valence-corrected chi connectivity index (χ4v) is 3.03. The van der Waals surface area contributed by atoms with Crippen LogP contribution in [0, 0.1) is 0 Å². The number of hydrogen-bond donors (Lipinski definition) is 1. The van der Waals surface area contributed by atoms with Gasteiger partial charge in [0.15, 0.2) is 0 Å². The molecule has 9 nitrogen and oxygen atoms in total. The lowest BCUT2D eigenvalue weighted by Crippen LogP contribution is -3.13. The van der Waals surface area contributed by atoms with Crippen LogP contribution in [0.15, 0.2) is 24.5 Å². The van der Waals surface area contributed by atoms with Gasteiger partial charge in [-0.2, -0.15) is 0 Å². The van der Waals surface area contributed by atoms with Crippen LogP contribution < -0.4 is 14.4 Å². The van der Waals surface area contributed by atoms with E-state index in [4.69, 9.17) is 9.47 Å². The number of carbonyl (C=O) groups is 1. The quantitative estimate of drug-likeness (QED) is 0.693. The molecule has 2 heterocycles. The molecule has 1 amide bonds. The van der Waals surface area contributed by atoms with E-state index in [0.29, 0.717) is 0 Å². The summed E-state index contributed by atoms with van der Waals surface area (Å²) in [6, 6.07) is 5.84. The summed E-state index contributed by atoms with van der Waals surface area (Å²) < 4.78 is 12.2. The summed E-state index contributed by atoms with van der Waals surface area (Å²) in [4.78, 5) is 15.6. The number of tetrazole rings is 1. The molecule has 0 aliphatic carbocycles. The van der Waals surface area contributed by atoms with Gasteiger partial charge in [-0.1, -0.05) is 0 Å². The summed E-state index contributed by atoms with van der Waals surface area (Å²) in [5, 5.41) is 10.8. The van der Waals surface area contributed by atoms with Crippen LogP contribution in [0.4, 0.5) is 0 Å². The molecule has 0 saturated carbocycles. The smallest absolute Gasteiger partial charge is 0.244 e. The largest absolute Gasteiger partial charge is 0.497 e. The number of nitrogens with one attached hydrogen (secondary N) is 1. The molecule has 9 heteroatoms. The highest BCUT2D eigenvalue weighted by Gasteiger charge is 2.25. The molecule has 1 saturated heterocycles. The molecular formula is C16H23N6O3+. The van der Waals surface area contributed by atoms with Gasteiger partial charge in [-0.3, -0.25) is 4.79 Å². The number of methoxy groups -OCH3 is 2. The second kappa shape index (κ2) is 7.93. The summed E-state index contributed by atoms with van der Waals surface area (Å²) in [6.45, 7) is 4.26. The molecule has 1 fully saturated rings. The Hall–Kier alpha value is -2.68. The van der Waals surface area contributed by atoms with E-state index in [1.165, 1.54) is 15.9 Å². The van der Waals surface area contributed by atoms with Crippen molar-refractivity contribution in [1.29, 1.82) is 0 Å². The minimum Gasteiger partial charge on any atom is -0.497 e. The van der Waals surface area contributed by atoms with Crippen molar-refractivity contribution in [3.8, 4) is 11.5 Å².